The Hall–Kier alpha value is -3.35. The van der Waals surface area contributed by atoms with Gasteiger partial charge in [-0.1, -0.05) is 13.0 Å². The highest BCUT2D eigenvalue weighted by Gasteiger charge is 2.28. The van der Waals surface area contributed by atoms with E-state index in [1.54, 1.807) is 6.33 Å². The number of nitrogens with zero attached hydrogens (tertiary/aromatic N) is 4. The van der Waals surface area contributed by atoms with Crippen molar-refractivity contribution in [1.82, 2.24) is 24.5 Å². The molecule has 0 aliphatic carbocycles. The summed E-state index contributed by atoms with van der Waals surface area (Å²) in [7, 11) is 0. The highest BCUT2D eigenvalue weighted by molar-refractivity contribution is 5.91. The number of aromatic nitrogens is 4. The Balaban J connectivity index is 1.41. The minimum atomic E-state index is -0.460. The first-order chi connectivity index (χ1) is 16.2. The summed E-state index contributed by atoms with van der Waals surface area (Å²) < 4.78 is 7.40. The molecule has 4 heterocycles. The average molecular weight is 460 g/mol. The lowest BCUT2D eigenvalue weighted by atomic mass is 9.88. The SMILES string of the molecule is CCc1c(-c2cc(C)c3ncnn3c2)[nH]c2ccc(C3CCN(C(=O)OC(C)(C)C)CC3)cc12. The van der Waals surface area contributed by atoms with Crippen molar-refractivity contribution in [3.63, 3.8) is 0 Å². The van der Waals surface area contributed by atoms with Crippen molar-refractivity contribution in [1.29, 1.82) is 0 Å². The maximum atomic E-state index is 12.4. The van der Waals surface area contributed by atoms with Gasteiger partial charge >= 0.3 is 6.09 Å². The lowest BCUT2D eigenvalue weighted by Gasteiger charge is -2.33. The summed E-state index contributed by atoms with van der Waals surface area (Å²) in [4.78, 5) is 22.3. The van der Waals surface area contributed by atoms with Crippen LogP contribution in [-0.2, 0) is 11.2 Å². The molecule has 0 atom stereocenters. The molecule has 5 rings (SSSR count). The van der Waals surface area contributed by atoms with Crippen LogP contribution >= 0.6 is 0 Å². The lowest BCUT2D eigenvalue weighted by Crippen LogP contribution is -2.41. The van der Waals surface area contributed by atoms with Crippen LogP contribution in [0.15, 0.2) is 36.8 Å². The smallest absolute Gasteiger partial charge is 0.410 e. The number of amides is 1. The Bertz CT molecular complexity index is 1350. The number of ether oxygens (including phenoxy) is 1. The van der Waals surface area contributed by atoms with Gasteiger partial charge < -0.3 is 14.6 Å². The normalized spacial score (nSPS) is 15.4. The third-order valence-electron chi connectivity index (χ3n) is 6.75. The molecular weight excluding hydrogens is 426 g/mol. The van der Waals surface area contributed by atoms with Crippen molar-refractivity contribution in [2.24, 2.45) is 0 Å². The average Bonchev–Trinajstić information content (AvgIpc) is 3.42. The maximum absolute atomic E-state index is 12.4. The summed E-state index contributed by atoms with van der Waals surface area (Å²) in [5, 5.41) is 5.62. The van der Waals surface area contributed by atoms with E-state index >= 15 is 0 Å². The van der Waals surface area contributed by atoms with Crippen LogP contribution in [0.4, 0.5) is 4.79 Å². The van der Waals surface area contributed by atoms with Crippen molar-refractivity contribution in [3.8, 4) is 11.3 Å². The molecular formula is C27H33N5O2. The van der Waals surface area contributed by atoms with Crippen LogP contribution in [0, 0.1) is 6.92 Å². The van der Waals surface area contributed by atoms with Crippen molar-refractivity contribution >= 4 is 22.6 Å². The Kier molecular flexibility index (Phi) is 5.58. The number of piperidine rings is 1. The number of carbonyl (C=O) groups excluding carboxylic acids is 1. The number of hydrogen-bond donors (Lipinski definition) is 1. The van der Waals surface area contributed by atoms with Gasteiger partial charge in [-0.25, -0.2) is 14.3 Å². The zero-order chi connectivity index (χ0) is 24.0. The molecule has 178 valence electrons. The molecule has 1 fully saturated rings. The summed E-state index contributed by atoms with van der Waals surface area (Å²) in [5.41, 5.74) is 7.62. The van der Waals surface area contributed by atoms with Crippen LogP contribution in [0.1, 0.15) is 63.1 Å². The molecule has 1 N–H and O–H groups in total. The van der Waals surface area contributed by atoms with Crippen LogP contribution < -0.4 is 0 Å². The van der Waals surface area contributed by atoms with Gasteiger partial charge in [0.25, 0.3) is 0 Å². The van der Waals surface area contributed by atoms with Crippen LogP contribution in [0.25, 0.3) is 27.8 Å². The number of likely N-dealkylation sites (tertiary alicyclic amines) is 1. The van der Waals surface area contributed by atoms with E-state index in [0.29, 0.717) is 5.92 Å². The first-order valence-electron chi connectivity index (χ1n) is 12.2. The summed E-state index contributed by atoms with van der Waals surface area (Å²) in [6, 6.07) is 8.97. The maximum Gasteiger partial charge on any atom is 0.410 e. The first kappa shape index (κ1) is 22.4. The zero-order valence-electron chi connectivity index (χ0n) is 20.7. The zero-order valence-corrected chi connectivity index (χ0v) is 20.7. The number of fused-ring (bicyclic) bond motifs is 2. The largest absolute Gasteiger partial charge is 0.444 e. The van der Waals surface area contributed by atoms with Crippen LogP contribution in [0.5, 0.6) is 0 Å². The predicted molar refractivity (Wildman–Crippen MR) is 134 cm³/mol. The van der Waals surface area contributed by atoms with E-state index < -0.39 is 5.60 Å². The predicted octanol–water partition coefficient (Wildman–Crippen LogP) is 5.86. The Morgan fingerprint density at radius 1 is 1.21 bits per heavy atom. The second-order valence-electron chi connectivity index (χ2n) is 10.3. The second kappa shape index (κ2) is 8.46. The molecule has 1 saturated heterocycles. The fourth-order valence-electron chi connectivity index (χ4n) is 5.09. The van der Waals surface area contributed by atoms with Gasteiger partial charge in [0.15, 0.2) is 5.65 Å². The molecule has 7 nitrogen and oxygen atoms in total. The molecule has 1 aliphatic rings. The van der Waals surface area contributed by atoms with Crippen LogP contribution in [0.2, 0.25) is 0 Å². The van der Waals surface area contributed by atoms with Gasteiger partial charge in [-0.3, -0.25) is 0 Å². The minimum Gasteiger partial charge on any atom is -0.444 e. The van der Waals surface area contributed by atoms with Gasteiger partial charge in [0.2, 0.25) is 0 Å². The molecule has 1 amide bonds. The molecule has 7 heteroatoms. The van der Waals surface area contributed by atoms with E-state index in [2.05, 4.69) is 53.2 Å². The summed E-state index contributed by atoms with van der Waals surface area (Å²) in [5.74, 6) is 0.444. The second-order valence-corrected chi connectivity index (χ2v) is 10.3. The van der Waals surface area contributed by atoms with E-state index in [4.69, 9.17) is 4.74 Å². The molecule has 3 aromatic heterocycles. The van der Waals surface area contributed by atoms with Crippen molar-refractivity contribution in [3.05, 3.63) is 53.5 Å². The van der Waals surface area contributed by atoms with E-state index in [-0.39, 0.29) is 6.09 Å². The lowest BCUT2D eigenvalue weighted by molar-refractivity contribution is 0.0205. The van der Waals surface area contributed by atoms with Gasteiger partial charge in [0.1, 0.15) is 11.9 Å². The molecule has 0 radical (unpaired) electrons. The Morgan fingerprint density at radius 2 is 1.97 bits per heavy atom. The summed E-state index contributed by atoms with van der Waals surface area (Å²) in [6.07, 6.45) is 6.27. The molecule has 0 bridgehead atoms. The van der Waals surface area contributed by atoms with Gasteiger partial charge in [-0.15, -0.1) is 0 Å². The number of aryl methyl sites for hydroxylation is 2. The molecule has 1 aliphatic heterocycles. The number of rotatable bonds is 3. The number of nitrogens with one attached hydrogen (secondary N) is 1. The highest BCUT2D eigenvalue weighted by atomic mass is 16.6. The van der Waals surface area contributed by atoms with Crippen LogP contribution in [-0.4, -0.2) is 49.3 Å². The standard InChI is InChI=1S/C27H33N5O2/c1-6-21-22-14-19(18-9-11-31(12-10-18)26(33)34-27(3,4)5)7-8-23(22)30-24(21)20-13-17(2)25-28-16-29-32(25)15-20/h7-8,13-16,18,30H,6,9-12H2,1-5H3. The van der Waals surface area contributed by atoms with Crippen molar-refractivity contribution in [2.45, 2.75) is 65.4 Å². The number of hydrogen-bond acceptors (Lipinski definition) is 4. The van der Waals surface area contributed by atoms with Gasteiger partial charge in [0, 0.05) is 35.8 Å². The van der Waals surface area contributed by atoms with Gasteiger partial charge in [-0.2, -0.15) is 5.10 Å². The number of H-pyrrole nitrogens is 1. The first-order valence-corrected chi connectivity index (χ1v) is 12.2. The summed E-state index contributed by atoms with van der Waals surface area (Å²) in [6.45, 7) is 11.5. The Labute approximate surface area is 200 Å². The van der Waals surface area contributed by atoms with Crippen molar-refractivity contribution in [2.75, 3.05) is 13.1 Å². The molecule has 1 aromatic carbocycles. The molecule has 0 unspecified atom stereocenters. The topological polar surface area (TPSA) is 75.5 Å². The fourth-order valence-corrected chi connectivity index (χ4v) is 5.09. The highest BCUT2D eigenvalue weighted by Crippen LogP contribution is 2.36. The van der Waals surface area contributed by atoms with E-state index in [0.717, 1.165) is 60.3 Å². The quantitative estimate of drug-likeness (QED) is 0.416. The molecule has 0 spiro atoms. The molecule has 4 aromatic rings. The van der Waals surface area contributed by atoms with E-state index in [1.165, 1.54) is 16.5 Å². The fraction of sp³-hybridized carbons (Fsp3) is 0.444. The van der Waals surface area contributed by atoms with Gasteiger partial charge in [-0.05, 0) is 87.8 Å². The molecule has 34 heavy (non-hydrogen) atoms. The van der Waals surface area contributed by atoms with Crippen molar-refractivity contribution < 1.29 is 9.53 Å². The monoisotopic (exact) mass is 459 g/mol. The van der Waals surface area contributed by atoms with Gasteiger partial charge in [0.05, 0.1) is 5.69 Å². The van der Waals surface area contributed by atoms with E-state index in [9.17, 15) is 4.79 Å². The third kappa shape index (κ3) is 4.15. The number of aromatic amines is 1. The Morgan fingerprint density at radius 3 is 2.68 bits per heavy atom. The number of benzene rings is 1. The van der Waals surface area contributed by atoms with Crippen LogP contribution in [0.3, 0.4) is 0 Å². The number of carbonyl (C=O) groups is 1. The minimum absolute atomic E-state index is 0.204. The molecule has 0 saturated carbocycles. The van der Waals surface area contributed by atoms with E-state index in [1.807, 2.05) is 36.4 Å². The summed E-state index contributed by atoms with van der Waals surface area (Å²) >= 11 is 0. The number of pyridine rings is 1. The third-order valence-corrected chi connectivity index (χ3v) is 6.75.